The Kier molecular flexibility index (Phi) is 2.91. The lowest BCUT2D eigenvalue weighted by molar-refractivity contribution is -0.132. The normalized spacial score (nSPS) is 10.0. The number of ether oxygens (including phenoxy) is 1. The third kappa shape index (κ3) is 2.34. The molecule has 0 unspecified atom stereocenters. The summed E-state index contributed by atoms with van der Waals surface area (Å²) in [6.45, 7) is 0. The molecular weight excluding hydrogens is 122 g/mol. The van der Waals surface area contributed by atoms with E-state index in [1.165, 1.54) is 13.2 Å². The molecule has 0 fully saturated rings. The molecule has 0 aliphatic carbocycles. The van der Waals surface area contributed by atoms with Crippen molar-refractivity contribution in [2.24, 2.45) is 0 Å². The summed E-state index contributed by atoms with van der Waals surface area (Å²) in [6.07, 6.45) is 0.877. The second-order valence-electron chi connectivity index (χ2n) is 1.18. The number of nitriles is 1. The summed E-state index contributed by atoms with van der Waals surface area (Å²) in [5.41, 5.74) is -0.405. The van der Waals surface area contributed by atoms with Gasteiger partial charge in [0.15, 0.2) is 5.57 Å². The third-order valence-corrected chi connectivity index (χ3v) is 0.587. The molecule has 0 aromatic carbocycles. The number of hydrogen-bond acceptors (Lipinski definition) is 3. The quantitative estimate of drug-likeness (QED) is 0.325. The number of carbonyl (C=O) groups is 1. The summed E-state index contributed by atoms with van der Waals surface area (Å²) in [4.78, 5) is 9.95. The molecule has 0 aliphatic heterocycles. The highest BCUT2D eigenvalue weighted by Crippen LogP contribution is 1.90. The molecule has 1 N–H and O–H groups in total. The van der Waals surface area contributed by atoms with E-state index in [0.717, 1.165) is 6.26 Å². The Labute approximate surface area is 52.0 Å². The third-order valence-electron chi connectivity index (χ3n) is 0.587. The van der Waals surface area contributed by atoms with E-state index in [4.69, 9.17) is 10.4 Å². The molecular formula is C5H5NO3. The molecule has 0 aromatic heterocycles. The first-order valence-electron chi connectivity index (χ1n) is 2.08. The molecule has 4 nitrogen and oxygen atoms in total. The van der Waals surface area contributed by atoms with E-state index in [0.29, 0.717) is 0 Å². The molecule has 0 amide bonds. The van der Waals surface area contributed by atoms with Gasteiger partial charge in [-0.15, -0.1) is 0 Å². The molecule has 0 atom stereocenters. The molecule has 0 aromatic rings. The Morgan fingerprint density at radius 2 is 2.44 bits per heavy atom. The molecule has 0 saturated heterocycles. The number of carboxylic acids is 1. The van der Waals surface area contributed by atoms with Crippen molar-refractivity contribution in [3.63, 3.8) is 0 Å². The fourth-order valence-corrected chi connectivity index (χ4v) is 0.242. The van der Waals surface area contributed by atoms with Crippen LogP contribution in [-0.2, 0) is 9.53 Å². The minimum atomic E-state index is -1.28. The molecule has 0 spiro atoms. The Morgan fingerprint density at radius 1 is 1.89 bits per heavy atom. The van der Waals surface area contributed by atoms with E-state index >= 15 is 0 Å². The number of rotatable bonds is 2. The van der Waals surface area contributed by atoms with Crippen LogP contribution in [0.2, 0.25) is 0 Å². The molecule has 0 radical (unpaired) electrons. The molecule has 0 aliphatic rings. The van der Waals surface area contributed by atoms with Gasteiger partial charge in [0.25, 0.3) is 0 Å². The van der Waals surface area contributed by atoms with Crippen LogP contribution < -0.4 is 0 Å². The van der Waals surface area contributed by atoms with Crippen molar-refractivity contribution < 1.29 is 14.6 Å². The number of carboxylic acid groups (broad SMARTS) is 1. The first-order chi connectivity index (χ1) is 4.22. The van der Waals surface area contributed by atoms with Crippen LogP contribution in [0.5, 0.6) is 0 Å². The van der Waals surface area contributed by atoms with E-state index in [2.05, 4.69) is 4.74 Å². The van der Waals surface area contributed by atoms with Crippen molar-refractivity contribution in [1.82, 2.24) is 0 Å². The summed E-state index contributed by atoms with van der Waals surface area (Å²) in [5.74, 6) is -1.28. The van der Waals surface area contributed by atoms with E-state index in [9.17, 15) is 4.79 Å². The van der Waals surface area contributed by atoms with Gasteiger partial charge in [-0.05, 0) is 0 Å². The van der Waals surface area contributed by atoms with Crippen LogP contribution in [0.25, 0.3) is 0 Å². The second-order valence-corrected chi connectivity index (χ2v) is 1.18. The molecule has 9 heavy (non-hydrogen) atoms. The first kappa shape index (κ1) is 7.50. The number of nitrogens with zero attached hydrogens (tertiary/aromatic N) is 1. The number of aliphatic carboxylic acids is 1. The number of hydrogen-bond donors (Lipinski definition) is 1. The highest BCUT2D eigenvalue weighted by atomic mass is 16.5. The number of methoxy groups -OCH3 is 1. The van der Waals surface area contributed by atoms with E-state index in [1.54, 1.807) is 0 Å². The maximum Gasteiger partial charge on any atom is 0.349 e. The molecule has 48 valence electrons. The lowest BCUT2D eigenvalue weighted by Gasteiger charge is -1.86. The van der Waals surface area contributed by atoms with Gasteiger partial charge in [-0.1, -0.05) is 0 Å². The van der Waals surface area contributed by atoms with Gasteiger partial charge >= 0.3 is 5.97 Å². The predicted octanol–water partition coefficient (Wildman–Crippen LogP) is 0.125. The molecule has 0 bridgehead atoms. The van der Waals surface area contributed by atoms with E-state index in [1.807, 2.05) is 0 Å². The van der Waals surface area contributed by atoms with Crippen LogP contribution in [0.1, 0.15) is 0 Å². The van der Waals surface area contributed by atoms with Gasteiger partial charge in [-0.25, -0.2) is 4.79 Å². The van der Waals surface area contributed by atoms with Gasteiger partial charge in [0, 0.05) is 0 Å². The zero-order valence-corrected chi connectivity index (χ0v) is 4.79. The predicted molar refractivity (Wildman–Crippen MR) is 28.3 cm³/mol. The SMILES string of the molecule is CO/C=C(/C#N)C(=O)O. The smallest absolute Gasteiger partial charge is 0.349 e. The Morgan fingerprint density at radius 3 is 2.56 bits per heavy atom. The lowest BCUT2D eigenvalue weighted by Crippen LogP contribution is -1.97. The van der Waals surface area contributed by atoms with Gasteiger partial charge in [0.2, 0.25) is 0 Å². The van der Waals surface area contributed by atoms with Gasteiger partial charge < -0.3 is 9.84 Å². The van der Waals surface area contributed by atoms with Crippen molar-refractivity contribution >= 4 is 5.97 Å². The molecule has 0 rings (SSSR count). The standard InChI is InChI=1S/C5H5NO3/c1-9-3-4(2-6)5(7)8/h3H,1H3,(H,7,8)/b4-3-. The molecule has 0 heterocycles. The fourth-order valence-electron chi connectivity index (χ4n) is 0.242. The highest BCUT2D eigenvalue weighted by Gasteiger charge is 2.03. The largest absolute Gasteiger partial charge is 0.503 e. The van der Waals surface area contributed by atoms with Gasteiger partial charge in [-0.3, -0.25) is 0 Å². The van der Waals surface area contributed by atoms with Crippen LogP contribution >= 0.6 is 0 Å². The zero-order valence-electron chi connectivity index (χ0n) is 4.79. The summed E-state index contributed by atoms with van der Waals surface area (Å²) < 4.78 is 4.29. The molecule has 4 heteroatoms. The van der Waals surface area contributed by atoms with Crippen molar-refractivity contribution in [2.75, 3.05) is 7.11 Å². The van der Waals surface area contributed by atoms with Crippen LogP contribution in [0.15, 0.2) is 11.8 Å². The topological polar surface area (TPSA) is 70.3 Å². The van der Waals surface area contributed by atoms with Crippen LogP contribution in [0.4, 0.5) is 0 Å². The maximum atomic E-state index is 9.95. The van der Waals surface area contributed by atoms with E-state index < -0.39 is 11.5 Å². The fraction of sp³-hybridized carbons (Fsp3) is 0.200. The highest BCUT2D eigenvalue weighted by molar-refractivity contribution is 5.90. The minimum absolute atomic E-state index is 0.405. The molecule has 0 saturated carbocycles. The zero-order chi connectivity index (χ0) is 7.28. The van der Waals surface area contributed by atoms with Crippen LogP contribution in [-0.4, -0.2) is 18.2 Å². The van der Waals surface area contributed by atoms with Gasteiger partial charge in [-0.2, -0.15) is 5.26 Å². The first-order valence-corrected chi connectivity index (χ1v) is 2.08. The Balaban J connectivity index is 4.20. The van der Waals surface area contributed by atoms with Crippen molar-refractivity contribution in [3.8, 4) is 6.07 Å². The van der Waals surface area contributed by atoms with Crippen molar-refractivity contribution in [1.29, 1.82) is 5.26 Å². The van der Waals surface area contributed by atoms with Gasteiger partial charge in [0.1, 0.15) is 12.3 Å². The van der Waals surface area contributed by atoms with Crippen LogP contribution in [0.3, 0.4) is 0 Å². The average molecular weight is 127 g/mol. The average Bonchev–Trinajstić information content (AvgIpc) is 1.82. The summed E-state index contributed by atoms with van der Waals surface area (Å²) in [5, 5.41) is 16.2. The second kappa shape index (κ2) is 3.50. The summed E-state index contributed by atoms with van der Waals surface area (Å²) in [7, 11) is 1.28. The minimum Gasteiger partial charge on any atom is -0.503 e. The van der Waals surface area contributed by atoms with Crippen molar-refractivity contribution in [3.05, 3.63) is 11.8 Å². The summed E-state index contributed by atoms with van der Waals surface area (Å²) >= 11 is 0. The van der Waals surface area contributed by atoms with Crippen LogP contribution in [0, 0.1) is 11.3 Å². The van der Waals surface area contributed by atoms with Gasteiger partial charge in [0.05, 0.1) is 7.11 Å². The van der Waals surface area contributed by atoms with E-state index in [-0.39, 0.29) is 0 Å². The summed E-state index contributed by atoms with van der Waals surface area (Å²) in [6, 6.07) is 1.44. The monoisotopic (exact) mass is 127 g/mol. The maximum absolute atomic E-state index is 9.95. The Bertz CT molecular complexity index is 177. The lowest BCUT2D eigenvalue weighted by atomic mass is 10.3. The van der Waals surface area contributed by atoms with Crippen molar-refractivity contribution in [2.45, 2.75) is 0 Å². The Hall–Kier alpha value is -1.50.